The Bertz CT molecular complexity index is 1130. The molecule has 4 N–H and O–H groups in total. The Balaban J connectivity index is 1.63. The first-order chi connectivity index (χ1) is 15.7. The van der Waals surface area contributed by atoms with Gasteiger partial charge in [-0.05, 0) is 30.7 Å². The lowest BCUT2D eigenvalue weighted by Gasteiger charge is -2.32. The third-order valence-electron chi connectivity index (χ3n) is 6.00. The molecule has 0 bridgehead atoms. The van der Waals surface area contributed by atoms with Crippen LogP contribution in [0.5, 0.6) is 5.75 Å². The van der Waals surface area contributed by atoms with E-state index in [-0.39, 0.29) is 18.9 Å². The second kappa shape index (κ2) is 8.49. The normalized spacial score (nSPS) is 16.5. The number of benzene rings is 1. The molecule has 0 unspecified atom stereocenters. The van der Waals surface area contributed by atoms with Crippen molar-refractivity contribution in [3.63, 3.8) is 0 Å². The summed E-state index contributed by atoms with van der Waals surface area (Å²) in [6, 6.07) is 5.81. The number of fused-ring (bicyclic) bond motifs is 2. The molecule has 174 valence electrons. The number of carbonyl (C=O) groups is 4. The Morgan fingerprint density at radius 3 is 2.76 bits per heavy atom. The largest absolute Gasteiger partial charge is 0.497 e. The molecule has 0 fully saturated rings. The lowest BCUT2D eigenvalue weighted by Crippen LogP contribution is -2.53. The Hall–Kier alpha value is -4.02. The first-order valence-corrected chi connectivity index (χ1v) is 10.4. The van der Waals surface area contributed by atoms with Crippen LogP contribution in [0.1, 0.15) is 39.9 Å². The minimum Gasteiger partial charge on any atom is -0.497 e. The second-order valence-electron chi connectivity index (χ2n) is 8.30. The zero-order valence-corrected chi connectivity index (χ0v) is 18.3. The van der Waals surface area contributed by atoms with Crippen molar-refractivity contribution >= 4 is 24.4 Å². The van der Waals surface area contributed by atoms with E-state index in [4.69, 9.17) is 14.9 Å². The third-order valence-corrected chi connectivity index (χ3v) is 6.00. The van der Waals surface area contributed by atoms with Crippen LogP contribution in [0.2, 0.25) is 0 Å². The number of primary amides is 1. The van der Waals surface area contributed by atoms with E-state index < -0.39 is 17.6 Å². The van der Waals surface area contributed by atoms with Crippen molar-refractivity contribution in [1.82, 2.24) is 20.4 Å². The van der Waals surface area contributed by atoms with Gasteiger partial charge >= 0.3 is 12.1 Å². The molecule has 3 heterocycles. The minimum absolute atomic E-state index is 0.0844. The average Bonchev–Trinajstić information content (AvgIpc) is 3.34. The van der Waals surface area contributed by atoms with Crippen LogP contribution in [0.4, 0.5) is 9.59 Å². The van der Waals surface area contributed by atoms with Crippen molar-refractivity contribution in [2.24, 2.45) is 5.73 Å². The number of carbonyl (C=O) groups excluding carboxylic acids is 4. The van der Waals surface area contributed by atoms with Gasteiger partial charge in [-0.25, -0.2) is 9.59 Å². The van der Waals surface area contributed by atoms with Gasteiger partial charge in [-0.3, -0.25) is 14.9 Å². The predicted octanol–water partition coefficient (Wildman–Crippen LogP) is 1.05. The summed E-state index contributed by atoms with van der Waals surface area (Å²) in [5.74, 6) is 1.46. The van der Waals surface area contributed by atoms with E-state index >= 15 is 0 Å². The van der Waals surface area contributed by atoms with E-state index in [0.29, 0.717) is 48.9 Å². The molecule has 1 aromatic carbocycles. The monoisotopic (exact) mass is 455 g/mol. The van der Waals surface area contributed by atoms with Crippen LogP contribution >= 0.6 is 0 Å². The highest BCUT2D eigenvalue weighted by molar-refractivity contribution is 5.98. The minimum atomic E-state index is -1.16. The van der Waals surface area contributed by atoms with Gasteiger partial charge in [0.1, 0.15) is 22.8 Å². The number of urea groups is 2. The van der Waals surface area contributed by atoms with Crippen molar-refractivity contribution in [2.75, 3.05) is 20.2 Å². The van der Waals surface area contributed by atoms with Crippen molar-refractivity contribution in [1.29, 1.82) is 0 Å². The molecule has 6 amide bonds. The molecular formula is C22H25N5O6. The van der Waals surface area contributed by atoms with Gasteiger partial charge < -0.3 is 30.0 Å². The first kappa shape index (κ1) is 22.2. The molecule has 1 atom stereocenters. The summed E-state index contributed by atoms with van der Waals surface area (Å²) in [5.41, 5.74) is 6.40. The zero-order valence-electron chi connectivity index (χ0n) is 18.3. The Morgan fingerprint density at radius 2 is 2.06 bits per heavy atom. The maximum Gasteiger partial charge on any atom is 0.322 e. The summed E-state index contributed by atoms with van der Waals surface area (Å²) in [4.78, 5) is 50.8. The average molecular weight is 455 g/mol. The number of amides is 6. The number of rotatable bonds is 6. The van der Waals surface area contributed by atoms with Crippen molar-refractivity contribution in [2.45, 2.75) is 32.0 Å². The van der Waals surface area contributed by atoms with Crippen LogP contribution in [0, 0.1) is 0 Å². The van der Waals surface area contributed by atoms with Gasteiger partial charge in [0.15, 0.2) is 0 Å². The molecule has 0 saturated heterocycles. The van der Waals surface area contributed by atoms with Crippen LogP contribution in [0.25, 0.3) is 0 Å². The number of nitrogens with zero attached hydrogens (tertiary/aromatic N) is 2. The van der Waals surface area contributed by atoms with Gasteiger partial charge in [-0.2, -0.15) is 0 Å². The molecule has 2 aliphatic rings. The number of nitrogens with two attached hydrogens (primary N) is 1. The fourth-order valence-electron chi connectivity index (χ4n) is 4.29. The standard InChI is InChI=1S/C22H25N5O6/c1-22(25-21(31)24-12-28,18-7-14-10-26(20(23)30)6-5-17(14)33-18)11-27-9-13-3-4-15(32-2)8-16(13)19(27)29/h3-4,7-8,12H,5-6,9-11H2,1-2H3,(H2,23,30)(H2,24,25,28,31)/t22-/m0/s1. The highest BCUT2D eigenvalue weighted by Crippen LogP contribution is 2.33. The molecule has 0 spiro atoms. The van der Waals surface area contributed by atoms with Crippen molar-refractivity contribution in [3.05, 3.63) is 52.5 Å². The molecule has 11 nitrogen and oxygen atoms in total. The molecular weight excluding hydrogens is 430 g/mol. The molecule has 4 rings (SSSR count). The highest BCUT2D eigenvalue weighted by Gasteiger charge is 2.40. The SMILES string of the molecule is COc1ccc2c(c1)C(=O)N(C[C@](C)(NC(=O)NC=O)c1cc3c(o1)CCN(C(N)=O)C3)C2. The fraction of sp³-hybridized carbons (Fsp3) is 0.364. The lowest BCUT2D eigenvalue weighted by atomic mass is 9.97. The van der Waals surface area contributed by atoms with Crippen LogP contribution in [-0.2, 0) is 29.8 Å². The smallest absolute Gasteiger partial charge is 0.322 e. The van der Waals surface area contributed by atoms with Gasteiger partial charge in [0.2, 0.25) is 6.41 Å². The van der Waals surface area contributed by atoms with Gasteiger partial charge in [0, 0.05) is 30.6 Å². The Labute approximate surface area is 189 Å². The number of imide groups is 1. The zero-order chi connectivity index (χ0) is 23.8. The Kier molecular flexibility index (Phi) is 5.71. The maximum absolute atomic E-state index is 13.1. The van der Waals surface area contributed by atoms with Crippen molar-refractivity contribution in [3.8, 4) is 5.75 Å². The van der Waals surface area contributed by atoms with E-state index in [0.717, 1.165) is 11.1 Å². The lowest BCUT2D eigenvalue weighted by molar-refractivity contribution is -0.108. The van der Waals surface area contributed by atoms with Crippen LogP contribution in [-0.4, -0.2) is 54.4 Å². The first-order valence-electron chi connectivity index (χ1n) is 10.4. The van der Waals surface area contributed by atoms with Crippen LogP contribution in [0.3, 0.4) is 0 Å². The number of methoxy groups -OCH3 is 1. The van der Waals surface area contributed by atoms with Crippen molar-refractivity contribution < 1.29 is 28.3 Å². The molecule has 11 heteroatoms. The molecule has 2 aromatic rings. The molecule has 0 radical (unpaired) electrons. The molecule has 0 saturated carbocycles. The van der Waals surface area contributed by atoms with E-state index in [1.165, 1.54) is 12.0 Å². The van der Waals surface area contributed by atoms with E-state index in [2.05, 4.69) is 10.6 Å². The highest BCUT2D eigenvalue weighted by atomic mass is 16.5. The molecule has 0 aliphatic carbocycles. The van der Waals surface area contributed by atoms with E-state index in [9.17, 15) is 19.2 Å². The van der Waals surface area contributed by atoms with Gasteiger partial charge in [-0.15, -0.1) is 0 Å². The quantitative estimate of drug-likeness (QED) is 0.555. The number of ether oxygens (including phenoxy) is 1. The predicted molar refractivity (Wildman–Crippen MR) is 115 cm³/mol. The van der Waals surface area contributed by atoms with Gasteiger partial charge in [0.25, 0.3) is 5.91 Å². The second-order valence-corrected chi connectivity index (χ2v) is 8.30. The molecule has 1 aromatic heterocycles. The maximum atomic E-state index is 13.1. The van der Waals surface area contributed by atoms with E-state index in [1.54, 1.807) is 30.0 Å². The topological polar surface area (TPSA) is 147 Å². The summed E-state index contributed by atoms with van der Waals surface area (Å²) < 4.78 is 11.3. The number of furan rings is 1. The third kappa shape index (κ3) is 4.21. The summed E-state index contributed by atoms with van der Waals surface area (Å²) in [6.07, 6.45) is 0.750. The van der Waals surface area contributed by atoms with Crippen LogP contribution in [0.15, 0.2) is 28.7 Å². The van der Waals surface area contributed by atoms with E-state index in [1.807, 2.05) is 6.07 Å². The number of nitrogens with one attached hydrogen (secondary N) is 2. The molecule has 2 aliphatic heterocycles. The summed E-state index contributed by atoms with van der Waals surface area (Å²) in [7, 11) is 1.53. The summed E-state index contributed by atoms with van der Waals surface area (Å²) >= 11 is 0. The summed E-state index contributed by atoms with van der Waals surface area (Å²) in [6.45, 7) is 2.86. The molecule has 33 heavy (non-hydrogen) atoms. The number of hydrogen-bond acceptors (Lipinski definition) is 6. The Morgan fingerprint density at radius 1 is 1.27 bits per heavy atom. The summed E-state index contributed by atoms with van der Waals surface area (Å²) in [5, 5.41) is 4.81. The fourth-order valence-corrected chi connectivity index (χ4v) is 4.29. The van der Waals surface area contributed by atoms with Gasteiger partial charge in [0.05, 0.1) is 20.2 Å². The van der Waals surface area contributed by atoms with Gasteiger partial charge in [-0.1, -0.05) is 6.07 Å². The number of hydrogen-bond donors (Lipinski definition) is 3. The van der Waals surface area contributed by atoms with Crippen LogP contribution < -0.4 is 21.1 Å².